The van der Waals surface area contributed by atoms with Gasteiger partial charge in [-0.1, -0.05) is 41.9 Å². The first-order valence-electron chi connectivity index (χ1n) is 7.55. The van der Waals surface area contributed by atoms with Crippen molar-refractivity contribution in [2.24, 2.45) is 10.8 Å². The van der Waals surface area contributed by atoms with Gasteiger partial charge in [0.05, 0.1) is 0 Å². The molecule has 2 heterocycles. The molecule has 3 heteroatoms. The number of nitrogens with one attached hydrogen (secondary N) is 1. The lowest BCUT2D eigenvalue weighted by atomic mass is 9.62. The fourth-order valence-electron chi connectivity index (χ4n) is 4.11. The molecule has 1 N–H and O–H groups in total. The van der Waals surface area contributed by atoms with Crippen LogP contribution in [0.3, 0.4) is 0 Å². The van der Waals surface area contributed by atoms with Crippen LogP contribution in [0.1, 0.15) is 38.2 Å². The van der Waals surface area contributed by atoms with Gasteiger partial charge in [0.15, 0.2) is 0 Å². The number of halogens is 1. The van der Waals surface area contributed by atoms with Crippen LogP contribution in [0.5, 0.6) is 0 Å². The van der Waals surface area contributed by atoms with Gasteiger partial charge in [-0.2, -0.15) is 11.8 Å². The molecular weight excluding hydrogens is 330 g/mol. The van der Waals surface area contributed by atoms with Crippen molar-refractivity contribution in [3.05, 3.63) is 34.3 Å². The van der Waals surface area contributed by atoms with Crippen LogP contribution in [-0.4, -0.2) is 24.6 Å². The van der Waals surface area contributed by atoms with Crippen molar-refractivity contribution < 1.29 is 0 Å². The SMILES string of the molecule is CC1(C)CSCC2(CCNCC2c2ccc(Br)cc2)C1. The van der Waals surface area contributed by atoms with Crippen molar-refractivity contribution in [1.82, 2.24) is 5.32 Å². The van der Waals surface area contributed by atoms with Gasteiger partial charge in [-0.25, -0.2) is 0 Å². The molecule has 0 aliphatic carbocycles. The number of benzene rings is 1. The minimum atomic E-state index is 0.480. The van der Waals surface area contributed by atoms with Gasteiger partial charge >= 0.3 is 0 Å². The Balaban J connectivity index is 1.92. The standard InChI is InChI=1S/C17H24BrNS/c1-16(2)10-17(12-20-11-16)7-8-19-9-15(17)13-3-5-14(18)6-4-13/h3-6,15,19H,7-12H2,1-2H3. The average molecular weight is 354 g/mol. The number of hydrogen-bond donors (Lipinski definition) is 1. The van der Waals surface area contributed by atoms with Crippen molar-refractivity contribution in [3.8, 4) is 0 Å². The van der Waals surface area contributed by atoms with Gasteiger partial charge in [-0.15, -0.1) is 0 Å². The van der Waals surface area contributed by atoms with Crippen molar-refractivity contribution in [2.45, 2.75) is 32.6 Å². The minimum Gasteiger partial charge on any atom is -0.316 e. The third-order valence-corrected chi connectivity index (χ3v) is 7.17. The van der Waals surface area contributed by atoms with E-state index in [1.165, 1.54) is 40.9 Å². The van der Waals surface area contributed by atoms with Crippen LogP contribution >= 0.6 is 27.7 Å². The van der Waals surface area contributed by atoms with E-state index in [4.69, 9.17) is 0 Å². The fourth-order valence-corrected chi connectivity index (χ4v) is 5.99. The van der Waals surface area contributed by atoms with E-state index < -0.39 is 0 Å². The molecule has 2 atom stereocenters. The monoisotopic (exact) mass is 353 g/mol. The van der Waals surface area contributed by atoms with Crippen LogP contribution in [0.4, 0.5) is 0 Å². The molecule has 1 aromatic rings. The molecule has 0 amide bonds. The molecule has 0 saturated carbocycles. The normalized spacial score (nSPS) is 33.2. The topological polar surface area (TPSA) is 12.0 Å². The highest BCUT2D eigenvalue weighted by molar-refractivity contribution is 9.10. The van der Waals surface area contributed by atoms with E-state index in [9.17, 15) is 0 Å². The second-order valence-electron chi connectivity index (χ2n) is 7.25. The van der Waals surface area contributed by atoms with E-state index in [0.717, 1.165) is 6.54 Å². The number of rotatable bonds is 1. The maximum Gasteiger partial charge on any atom is 0.0175 e. The molecule has 110 valence electrons. The summed E-state index contributed by atoms with van der Waals surface area (Å²) >= 11 is 5.73. The number of hydrogen-bond acceptors (Lipinski definition) is 2. The third-order valence-electron chi connectivity index (χ3n) is 4.87. The Morgan fingerprint density at radius 1 is 1.20 bits per heavy atom. The van der Waals surface area contributed by atoms with E-state index in [1.807, 2.05) is 0 Å². The lowest BCUT2D eigenvalue weighted by molar-refractivity contribution is 0.115. The highest BCUT2D eigenvalue weighted by Gasteiger charge is 2.47. The molecule has 2 aliphatic rings. The molecule has 1 aromatic carbocycles. The maximum atomic E-state index is 3.63. The summed E-state index contributed by atoms with van der Waals surface area (Å²) in [4.78, 5) is 0. The molecule has 0 bridgehead atoms. The zero-order valence-corrected chi connectivity index (χ0v) is 14.8. The highest BCUT2D eigenvalue weighted by Crippen LogP contribution is 2.54. The van der Waals surface area contributed by atoms with E-state index in [2.05, 4.69) is 71.1 Å². The van der Waals surface area contributed by atoms with Crippen LogP contribution in [0.25, 0.3) is 0 Å². The summed E-state index contributed by atoms with van der Waals surface area (Å²) in [5, 5.41) is 3.63. The molecular formula is C17H24BrNS. The second-order valence-corrected chi connectivity index (χ2v) is 9.16. The molecule has 2 aliphatic heterocycles. The molecule has 1 spiro atoms. The van der Waals surface area contributed by atoms with Crippen molar-refractivity contribution in [1.29, 1.82) is 0 Å². The molecule has 1 nitrogen and oxygen atoms in total. The Morgan fingerprint density at radius 2 is 1.95 bits per heavy atom. The zero-order valence-electron chi connectivity index (χ0n) is 12.4. The molecule has 2 saturated heterocycles. The van der Waals surface area contributed by atoms with Gasteiger partial charge in [0.25, 0.3) is 0 Å². The van der Waals surface area contributed by atoms with Gasteiger partial charge in [0.1, 0.15) is 0 Å². The molecule has 20 heavy (non-hydrogen) atoms. The van der Waals surface area contributed by atoms with Crippen molar-refractivity contribution >= 4 is 27.7 Å². The van der Waals surface area contributed by atoms with Gasteiger partial charge in [-0.05, 0) is 59.4 Å². The van der Waals surface area contributed by atoms with E-state index in [0.29, 0.717) is 16.7 Å². The maximum absolute atomic E-state index is 3.63. The Bertz CT molecular complexity index is 466. The minimum absolute atomic E-state index is 0.480. The quantitative estimate of drug-likeness (QED) is 0.786. The number of piperidine rings is 1. The Morgan fingerprint density at radius 3 is 2.65 bits per heavy atom. The molecule has 0 aromatic heterocycles. The Kier molecular flexibility index (Phi) is 4.22. The van der Waals surface area contributed by atoms with Gasteiger partial charge in [0.2, 0.25) is 0 Å². The first kappa shape index (κ1) is 14.9. The zero-order chi connectivity index (χ0) is 14.2. The second kappa shape index (κ2) is 5.66. The first-order chi connectivity index (χ1) is 9.51. The van der Waals surface area contributed by atoms with Crippen molar-refractivity contribution in [3.63, 3.8) is 0 Å². The van der Waals surface area contributed by atoms with E-state index in [1.54, 1.807) is 0 Å². The molecule has 3 rings (SSSR count). The Hall–Kier alpha value is 0.01000. The number of thioether (sulfide) groups is 1. The van der Waals surface area contributed by atoms with Crippen LogP contribution in [0.15, 0.2) is 28.7 Å². The summed E-state index contributed by atoms with van der Waals surface area (Å²) in [6.45, 7) is 7.21. The predicted octanol–water partition coefficient (Wildman–Crippen LogP) is 4.68. The fraction of sp³-hybridized carbons (Fsp3) is 0.647. The Labute approximate surface area is 135 Å². The van der Waals surface area contributed by atoms with Gasteiger partial charge in [0, 0.05) is 16.9 Å². The summed E-state index contributed by atoms with van der Waals surface area (Å²) in [5.74, 6) is 3.31. The highest BCUT2D eigenvalue weighted by atomic mass is 79.9. The lowest BCUT2D eigenvalue weighted by Gasteiger charge is -2.51. The average Bonchev–Trinajstić information content (AvgIpc) is 2.39. The summed E-state index contributed by atoms with van der Waals surface area (Å²) in [6.07, 6.45) is 2.69. The van der Waals surface area contributed by atoms with Crippen LogP contribution in [0, 0.1) is 10.8 Å². The first-order valence-corrected chi connectivity index (χ1v) is 9.50. The summed E-state index contributed by atoms with van der Waals surface area (Å²) in [5.41, 5.74) is 2.48. The molecule has 2 unspecified atom stereocenters. The summed E-state index contributed by atoms with van der Waals surface area (Å²) in [6, 6.07) is 9.02. The van der Waals surface area contributed by atoms with E-state index >= 15 is 0 Å². The molecule has 2 fully saturated rings. The smallest absolute Gasteiger partial charge is 0.0175 e. The van der Waals surface area contributed by atoms with Crippen molar-refractivity contribution in [2.75, 3.05) is 24.6 Å². The summed E-state index contributed by atoms with van der Waals surface area (Å²) in [7, 11) is 0. The summed E-state index contributed by atoms with van der Waals surface area (Å²) < 4.78 is 1.18. The largest absolute Gasteiger partial charge is 0.316 e. The van der Waals surface area contributed by atoms with Crippen LogP contribution < -0.4 is 5.32 Å². The van der Waals surface area contributed by atoms with Crippen LogP contribution in [-0.2, 0) is 0 Å². The lowest BCUT2D eigenvalue weighted by Crippen LogP contribution is -2.49. The van der Waals surface area contributed by atoms with Gasteiger partial charge < -0.3 is 5.32 Å². The van der Waals surface area contributed by atoms with E-state index in [-0.39, 0.29) is 0 Å². The molecule has 0 radical (unpaired) electrons. The third kappa shape index (κ3) is 2.95. The van der Waals surface area contributed by atoms with Crippen LogP contribution in [0.2, 0.25) is 0 Å². The predicted molar refractivity (Wildman–Crippen MR) is 92.5 cm³/mol. The van der Waals surface area contributed by atoms with Gasteiger partial charge in [-0.3, -0.25) is 0 Å².